The molecular weight excluding hydrogens is 518 g/mol. The minimum absolute atomic E-state index is 0.0658. The van der Waals surface area contributed by atoms with Crippen molar-refractivity contribution in [1.82, 2.24) is 19.8 Å². The van der Waals surface area contributed by atoms with Crippen LogP contribution in [0.4, 0.5) is 23.2 Å². The van der Waals surface area contributed by atoms with E-state index in [1.807, 2.05) is 11.0 Å². The smallest absolute Gasteiger partial charge is 0.406 e. The first-order chi connectivity index (χ1) is 18.5. The van der Waals surface area contributed by atoms with Gasteiger partial charge in [-0.05, 0) is 49.8 Å². The molecule has 2 aliphatic rings. The number of nitrogens with two attached hydrogens (primary N) is 1. The average molecular weight is 548 g/mol. The molecule has 8 nitrogen and oxygen atoms in total. The number of hydrogen-bond acceptors (Lipinski definition) is 5. The number of hydrogen-bond donors (Lipinski definition) is 2. The monoisotopic (exact) mass is 547 g/mol. The van der Waals surface area contributed by atoms with Crippen molar-refractivity contribution in [3.05, 3.63) is 53.1 Å². The molecule has 3 N–H and O–H groups in total. The molecular formula is C27H29F4N5O3. The number of nitrogens with zero attached hydrogens (tertiary/aromatic N) is 3. The zero-order chi connectivity index (χ0) is 27.9. The maximum absolute atomic E-state index is 15.1. The second-order valence-corrected chi connectivity index (χ2v) is 10.2. The van der Waals surface area contributed by atoms with E-state index in [1.54, 1.807) is 11.8 Å². The van der Waals surface area contributed by atoms with Crippen LogP contribution >= 0.6 is 0 Å². The number of ether oxygens (including phenoxy) is 1. The topological polar surface area (TPSA) is 105 Å². The molecule has 2 aliphatic heterocycles. The number of piperidine rings is 2. The molecule has 208 valence electrons. The number of halogens is 4. The third kappa shape index (κ3) is 5.64. The Labute approximate surface area is 222 Å². The predicted octanol–water partition coefficient (Wildman–Crippen LogP) is 4.93. The fourth-order valence-corrected chi connectivity index (χ4v) is 5.71. The first-order valence-electron chi connectivity index (χ1n) is 12.9. The highest BCUT2D eigenvalue weighted by molar-refractivity contribution is 5.99. The molecule has 2 saturated heterocycles. The Bertz CT molecular complexity index is 1390. The lowest BCUT2D eigenvalue weighted by molar-refractivity contribution is -0.274. The first-order valence-corrected chi connectivity index (χ1v) is 12.9. The van der Waals surface area contributed by atoms with Crippen LogP contribution in [0.3, 0.4) is 0 Å². The second-order valence-electron chi connectivity index (χ2n) is 10.2. The molecule has 2 aromatic heterocycles. The summed E-state index contributed by atoms with van der Waals surface area (Å²) in [6.45, 7) is 3.61. The highest BCUT2D eigenvalue weighted by Gasteiger charge is 2.33. The number of likely N-dealkylation sites (tertiary alicyclic amines) is 2. The van der Waals surface area contributed by atoms with E-state index in [2.05, 4.69) is 14.7 Å². The van der Waals surface area contributed by atoms with Crippen molar-refractivity contribution in [1.29, 1.82) is 0 Å². The number of fused-ring (bicyclic) bond motifs is 1. The maximum Gasteiger partial charge on any atom is 0.573 e. The Hall–Kier alpha value is -3.83. The molecule has 0 spiro atoms. The molecule has 5 rings (SSSR count). The number of benzene rings is 1. The number of amides is 2. The third-order valence-corrected chi connectivity index (χ3v) is 7.73. The van der Waals surface area contributed by atoms with Gasteiger partial charge in [-0.1, -0.05) is 0 Å². The Morgan fingerprint density at radius 1 is 1.03 bits per heavy atom. The number of nitrogen functional groups attached to an aromatic ring is 1. The van der Waals surface area contributed by atoms with Crippen molar-refractivity contribution >= 4 is 28.5 Å². The number of aromatic amines is 1. The lowest BCUT2D eigenvalue weighted by Crippen LogP contribution is -2.38. The summed E-state index contributed by atoms with van der Waals surface area (Å²) in [5.74, 6) is -1.13. The van der Waals surface area contributed by atoms with Crippen LogP contribution in [0.1, 0.15) is 66.1 Å². The minimum Gasteiger partial charge on any atom is -0.406 e. The maximum atomic E-state index is 15.1. The van der Waals surface area contributed by atoms with E-state index in [1.165, 1.54) is 12.3 Å². The second kappa shape index (κ2) is 10.4. The normalized spacial score (nSPS) is 17.6. The number of carbonyl (C=O) groups excluding carboxylic acids is 2. The molecule has 4 heterocycles. The van der Waals surface area contributed by atoms with Crippen molar-refractivity contribution < 1.29 is 31.9 Å². The number of rotatable bonds is 4. The van der Waals surface area contributed by atoms with E-state index in [-0.39, 0.29) is 29.0 Å². The number of aromatic nitrogens is 2. The Morgan fingerprint density at radius 3 is 2.28 bits per heavy atom. The SMILES string of the molecule is CC(=O)N1CCC(c2cc3c(C4CCN(C(=O)c5ccc(OC(F)(F)F)cc5N)CC4)c(F)cnc3[nH]2)CC1. The molecule has 3 aromatic rings. The zero-order valence-corrected chi connectivity index (χ0v) is 21.4. The van der Waals surface area contributed by atoms with Crippen LogP contribution in [0.15, 0.2) is 30.5 Å². The van der Waals surface area contributed by atoms with Crippen LogP contribution in [0.2, 0.25) is 0 Å². The fraction of sp³-hybridized carbons (Fsp3) is 0.444. The quantitative estimate of drug-likeness (QED) is 0.356. The van der Waals surface area contributed by atoms with Crippen molar-refractivity contribution in [3.8, 4) is 5.75 Å². The molecule has 1 aromatic carbocycles. The number of carbonyl (C=O) groups is 2. The van der Waals surface area contributed by atoms with Crippen molar-refractivity contribution in [2.45, 2.75) is 50.8 Å². The third-order valence-electron chi connectivity index (χ3n) is 7.73. The van der Waals surface area contributed by atoms with Crippen LogP contribution in [0.25, 0.3) is 11.0 Å². The van der Waals surface area contributed by atoms with Crippen molar-refractivity contribution in [3.63, 3.8) is 0 Å². The van der Waals surface area contributed by atoms with Crippen molar-refractivity contribution in [2.75, 3.05) is 31.9 Å². The van der Waals surface area contributed by atoms with Gasteiger partial charge in [-0.15, -0.1) is 13.2 Å². The van der Waals surface area contributed by atoms with Crippen LogP contribution in [0.5, 0.6) is 5.75 Å². The molecule has 2 fully saturated rings. The molecule has 0 saturated carbocycles. The Balaban J connectivity index is 1.28. The number of pyridine rings is 1. The summed E-state index contributed by atoms with van der Waals surface area (Å²) in [7, 11) is 0. The number of H-pyrrole nitrogens is 1. The number of anilines is 1. The average Bonchev–Trinajstić information content (AvgIpc) is 3.32. The summed E-state index contributed by atoms with van der Waals surface area (Å²) in [4.78, 5) is 35.7. The van der Waals surface area contributed by atoms with E-state index < -0.39 is 23.8 Å². The molecule has 0 radical (unpaired) electrons. The van der Waals surface area contributed by atoms with Gasteiger partial charge >= 0.3 is 6.36 Å². The molecule has 39 heavy (non-hydrogen) atoms. The highest BCUT2D eigenvalue weighted by Crippen LogP contribution is 2.38. The largest absolute Gasteiger partial charge is 0.573 e. The van der Waals surface area contributed by atoms with Gasteiger partial charge in [0, 0.05) is 67.4 Å². The molecule has 0 atom stereocenters. The van der Waals surface area contributed by atoms with Gasteiger partial charge in [-0.2, -0.15) is 0 Å². The van der Waals surface area contributed by atoms with Gasteiger partial charge in [-0.3, -0.25) is 9.59 Å². The van der Waals surface area contributed by atoms with Crippen LogP contribution in [-0.4, -0.2) is 64.1 Å². The van der Waals surface area contributed by atoms with Crippen LogP contribution in [-0.2, 0) is 4.79 Å². The Morgan fingerprint density at radius 2 is 1.67 bits per heavy atom. The van der Waals surface area contributed by atoms with Crippen LogP contribution in [0, 0.1) is 5.82 Å². The van der Waals surface area contributed by atoms with Crippen molar-refractivity contribution in [2.24, 2.45) is 0 Å². The van der Waals surface area contributed by atoms with Crippen LogP contribution < -0.4 is 10.5 Å². The number of nitrogens with one attached hydrogen (secondary N) is 1. The standard InChI is InChI=1S/C27H29F4N5O3/c1-15(37)35-8-4-16(5-9-35)23-13-20-24(21(28)14-33-25(20)34-23)17-6-10-36(11-7-17)26(38)19-3-2-18(12-22(19)32)39-27(29,30)31/h2-3,12-14,16-17H,4-11,32H2,1H3,(H,33,34). The van der Waals surface area contributed by atoms with Gasteiger partial charge in [0.1, 0.15) is 17.2 Å². The molecule has 0 bridgehead atoms. The number of alkyl halides is 3. The Kier molecular flexibility index (Phi) is 7.13. The van der Waals surface area contributed by atoms with Gasteiger partial charge in [0.2, 0.25) is 5.91 Å². The molecule has 0 unspecified atom stereocenters. The van der Waals surface area contributed by atoms with Gasteiger partial charge < -0.3 is 25.3 Å². The van der Waals surface area contributed by atoms with E-state index in [9.17, 15) is 22.8 Å². The first kappa shape index (κ1) is 26.8. The van der Waals surface area contributed by atoms with Gasteiger partial charge in [0.05, 0.1) is 11.8 Å². The van der Waals surface area contributed by atoms with E-state index >= 15 is 4.39 Å². The predicted molar refractivity (Wildman–Crippen MR) is 136 cm³/mol. The van der Waals surface area contributed by atoms with Gasteiger partial charge in [0.25, 0.3) is 5.91 Å². The summed E-state index contributed by atoms with van der Waals surface area (Å²) < 4.78 is 56.4. The summed E-state index contributed by atoms with van der Waals surface area (Å²) >= 11 is 0. The summed E-state index contributed by atoms with van der Waals surface area (Å²) in [6, 6.07) is 5.22. The summed E-state index contributed by atoms with van der Waals surface area (Å²) in [6.07, 6.45) is -0.989. The lowest BCUT2D eigenvalue weighted by atomic mass is 9.87. The molecule has 2 amide bonds. The lowest BCUT2D eigenvalue weighted by Gasteiger charge is -2.33. The summed E-state index contributed by atoms with van der Waals surface area (Å²) in [5, 5.41) is 0.730. The van der Waals surface area contributed by atoms with E-state index in [4.69, 9.17) is 5.73 Å². The summed E-state index contributed by atoms with van der Waals surface area (Å²) in [5.41, 5.74) is 8.01. The molecule has 0 aliphatic carbocycles. The fourth-order valence-electron chi connectivity index (χ4n) is 5.71. The zero-order valence-electron chi connectivity index (χ0n) is 21.4. The van der Waals surface area contributed by atoms with E-state index in [0.29, 0.717) is 50.2 Å². The van der Waals surface area contributed by atoms with Gasteiger partial charge in [0.15, 0.2) is 0 Å². The van der Waals surface area contributed by atoms with E-state index in [0.717, 1.165) is 36.1 Å². The minimum atomic E-state index is -4.86. The van der Waals surface area contributed by atoms with Gasteiger partial charge in [-0.25, -0.2) is 9.37 Å². The highest BCUT2D eigenvalue weighted by atomic mass is 19.4. The molecule has 12 heteroatoms.